The Labute approximate surface area is 111 Å². The van der Waals surface area contributed by atoms with E-state index in [0.29, 0.717) is 18.5 Å². The van der Waals surface area contributed by atoms with E-state index < -0.39 is 0 Å². The summed E-state index contributed by atoms with van der Waals surface area (Å²) in [5.74, 6) is 0.875. The summed E-state index contributed by atoms with van der Waals surface area (Å²) in [6.07, 6.45) is 10.4. The van der Waals surface area contributed by atoms with Crippen LogP contribution in [0.25, 0.3) is 0 Å². The molecule has 2 aliphatic rings. The van der Waals surface area contributed by atoms with Gasteiger partial charge in [0.2, 0.25) is 5.91 Å². The highest BCUT2D eigenvalue weighted by Crippen LogP contribution is 2.35. The van der Waals surface area contributed by atoms with Crippen LogP contribution in [0.5, 0.6) is 0 Å². The largest absolute Gasteiger partial charge is 0.353 e. The van der Waals surface area contributed by atoms with Crippen LogP contribution in [0.1, 0.15) is 64.7 Å². The summed E-state index contributed by atoms with van der Waals surface area (Å²) < 4.78 is 0. The molecule has 104 valence electrons. The SMILES string of the molecule is CC1CCCC1NC(=O)C1(CN)CCCCCC1. The molecule has 0 aromatic carbocycles. The van der Waals surface area contributed by atoms with Crippen molar-refractivity contribution in [3.8, 4) is 0 Å². The van der Waals surface area contributed by atoms with Crippen molar-refractivity contribution in [3.63, 3.8) is 0 Å². The molecule has 2 rings (SSSR count). The van der Waals surface area contributed by atoms with Crippen molar-refractivity contribution in [1.29, 1.82) is 0 Å². The molecule has 2 fully saturated rings. The molecular formula is C15H28N2O. The van der Waals surface area contributed by atoms with E-state index in [1.54, 1.807) is 0 Å². The molecule has 0 saturated heterocycles. The third-order valence-electron chi connectivity index (χ3n) is 5.11. The third kappa shape index (κ3) is 2.87. The van der Waals surface area contributed by atoms with Gasteiger partial charge in [-0.05, 0) is 31.6 Å². The van der Waals surface area contributed by atoms with Gasteiger partial charge in [0.1, 0.15) is 0 Å². The lowest BCUT2D eigenvalue weighted by atomic mass is 9.79. The average molecular weight is 252 g/mol. The zero-order chi connectivity index (χ0) is 13.0. The highest BCUT2D eigenvalue weighted by molar-refractivity contribution is 5.83. The fourth-order valence-corrected chi connectivity index (χ4v) is 3.61. The van der Waals surface area contributed by atoms with E-state index in [0.717, 1.165) is 32.1 Å². The summed E-state index contributed by atoms with van der Waals surface area (Å²) in [5, 5.41) is 3.30. The Hall–Kier alpha value is -0.570. The molecular weight excluding hydrogens is 224 g/mol. The lowest BCUT2D eigenvalue weighted by Gasteiger charge is -2.32. The first kappa shape index (κ1) is 13.9. The molecule has 2 saturated carbocycles. The summed E-state index contributed by atoms with van der Waals surface area (Å²) in [7, 11) is 0. The maximum Gasteiger partial charge on any atom is 0.227 e. The number of carbonyl (C=O) groups excluding carboxylic acids is 1. The summed E-state index contributed by atoms with van der Waals surface area (Å²) in [6, 6.07) is 0.393. The minimum atomic E-state index is -0.265. The molecule has 1 amide bonds. The monoisotopic (exact) mass is 252 g/mol. The molecule has 0 heterocycles. The predicted molar refractivity (Wildman–Crippen MR) is 74.1 cm³/mol. The Morgan fingerprint density at radius 1 is 1.17 bits per heavy atom. The highest BCUT2D eigenvalue weighted by atomic mass is 16.2. The molecule has 0 bridgehead atoms. The van der Waals surface area contributed by atoms with Crippen LogP contribution in [0.3, 0.4) is 0 Å². The van der Waals surface area contributed by atoms with E-state index in [1.807, 2.05) is 0 Å². The van der Waals surface area contributed by atoms with Gasteiger partial charge in [-0.25, -0.2) is 0 Å². The number of hydrogen-bond acceptors (Lipinski definition) is 2. The van der Waals surface area contributed by atoms with Gasteiger partial charge in [0.15, 0.2) is 0 Å². The molecule has 2 aliphatic carbocycles. The van der Waals surface area contributed by atoms with Crippen molar-refractivity contribution in [3.05, 3.63) is 0 Å². The van der Waals surface area contributed by atoms with Gasteiger partial charge in [-0.1, -0.05) is 39.0 Å². The Kier molecular flexibility index (Phi) is 4.66. The van der Waals surface area contributed by atoms with Gasteiger partial charge in [0, 0.05) is 12.6 Å². The van der Waals surface area contributed by atoms with E-state index >= 15 is 0 Å². The van der Waals surface area contributed by atoms with Crippen LogP contribution >= 0.6 is 0 Å². The van der Waals surface area contributed by atoms with Crippen LogP contribution in [-0.2, 0) is 4.79 Å². The van der Waals surface area contributed by atoms with Crippen molar-refractivity contribution < 1.29 is 4.79 Å². The first-order valence-electron chi connectivity index (χ1n) is 7.69. The minimum Gasteiger partial charge on any atom is -0.353 e. The number of amides is 1. The van der Waals surface area contributed by atoms with Gasteiger partial charge in [-0.2, -0.15) is 0 Å². The van der Waals surface area contributed by atoms with Crippen LogP contribution in [0.4, 0.5) is 0 Å². The normalized spacial score (nSPS) is 31.9. The molecule has 0 aromatic heterocycles. The quantitative estimate of drug-likeness (QED) is 0.759. The second-order valence-electron chi connectivity index (χ2n) is 6.39. The van der Waals surface area contributed by atoms with Crippen LogP contribution < -0.4 is 11.1 Å². The standard InChI is InChI=1S/C15H28N2O/c1-12-7-6-8-13(12)17-14(18)15(11-16)9-4-2-3-5-10-15/h12-13H,2-11,16H2,1H3,(H,17,18). The van der Waals surface area contributed by atoms with E-state index in [1.165, 1.54) is 25.7 Å². The van der Waals surface area contributed by atoms with Crippen LogP contribution in [0.15, 0.2) is 0 Å². The number of carbonyl (C=O) groups is 1. The molecule has 0 aromatic rings. The van der Waals surface area contributed by atoms with Crippen LogP contribution in [0, 0.1) is 11.3 Å². The van der Waals surface area contributed by atoms with Gasteiger partial charge < -0.3 is 11.1 Å². The van der Waals surface area contributed by atoms with Crippen molar-refractivity contribution in [2.75, 3.05) is 6.54 Å². The van der Waals surface area contributed by atoms with Gasteiger partial charge in [-0.15, -0.1) is 0 Å². The summed E-state index contributed by atoms with van der Waals surface area (Å²) in [5.41, 5.74) is 5.69. The van der Waals surface area contributed by atoms with Crippen molar-refractivity contribution in [2.24, 2.45) is 17.1 Å². The Morgan fingerprint density at radius 3 is 2.33 bits per heavy atom. The zero-order valence-electron chi connectivity index (χ0n) is 11.7. The van der Waals surface area contributed by atoms with E-state index in [2.05, 4.69) is 12.2 Å². The number of nitrogens with two attached hydrogens (primary N) is 1. The van der Waals surface area contributed by atoms with Crippen molar-refractivity contribution in [1.82, 2.24) is 5.32 Å². The lowest BCUT2D eigenvalue weighted by molar-refractivity contribution is -0.132. The number of hydrogen-bond donors (Lipinski definition) is 2. The third-order valence-corrected chi connectivity index (χ3v) is 5.11. The molecule has 18 heavy (non-hydrogen) atoms. The van der Waals surface area contributed by atoms with Gasteiger partial charge in [0.25, 0.3) is 0 Å². The molecule has 3 heteroatoms. The van der Waals surface area contributed by atoms with Crippen molar-refractivity contribution >= 4 is 5.91 Å². The number of nitrogens with one attached hydrogen (secondary N) is 1. The number of rotatable bonds is 3. The van der Waals surface area contributed by atoms with Crippen LogP contribution in [0.2, 0.25) is 0 Å². The van der Waals surface area contributed by atoms with E-state index in [-0.39, 0.29) is 11.3 Å². The second-order valence-corrected chi connectivity index (χ2v) is 6.39. The minimum absolute atomic E-state index is 0.241. The van der Waals surface area contributed by atoms with Gasteiger partial charge in [-0.3, -0.25) is 4.79 Å². The average Bonchev–Trinajstić information content (AvgIpc) is 2.66. The molecule has 3 nitrogen and oxygen atoms in total. The summed E-state index contributed by atoms with van der Waals surface area (Å²) >= 11 is 0. The molecule has 0 spiro atoms. The van der Waals surface area contributed by atoms with Gasteiger partial charge >= 0.3 is 0 Å². The van der Waals surface area contributed by atoms with Crippen molar-refractivity contribution in [2.45, 2.75) is 70.8 Å². The second kappa shape index (κ2) is 6.05. The highest BCUT2D eigenvalue weighted by Gasteiger charge is 2.39. The zero-order valence-corrected chi connectivity index (χ0v) is 11.7. The molecule has 2 unspecified atom stereocenters. The topological polar surface area (TPSA) is 55.1 Å². The fraction of sp³-hybridized carbons (Fsp3) is 0.933. The van der Waals surface area contributed by atoms with Gasteiger partial charge in [0.05, 0.1) is 5.41 Å². The maximum atomic E-state index is 12.6. The van der Waals surface area contributed by atoms with Crippen LogP contribution in [-0.4, -0.2) is 18.5 Å². The molecule has 3 N–H and O–H groups in total. The Morgan fingerprint density at radius 2 is 1.83 bits per heavy atom. The lowest BCUT2D eigenvalue weighted by Crippen LogP contribution is -2.49. The Balaban J connectivity index is 1.99. The Bertz CT molecular complexity index is 282. The maximum absolute atomic E-state index is 12.6. The molecule has 0 radical (unpaired) electrons. The molecule has 0 aliphatic heterocycles. The first-order valence-corrected chi connectivity index (χ1v) is 7.69. The summed E-state index contributed by atoms with van der Waals surface area (Å²) in [4.78, 5) is 12.6. The smallest absolute Gasteiger partial charge is 0.227 e. The summed E-state index contributed by atoms with van der Waals surface area (Å²) in [6.45, 7) is 2.76. The van der Waals surface area contributed by atoms with E-state index in [4.69, 9.17) is 5.73 Å². The predicted octanol–water partition coefficient (Wildman–Crippen LogP) is 2.59. The first-order chi connectivity index (χ1) is 8.68. The van der Waals surface area contributed by atoms with E-state index in [9.17, 15) is 4.79 Å². The molecule has 2 atom stereocenters. The fourth-order valence-electron chi connectivity index (χ4n) is 3.61.